The largest absolute Gasteiger partial charge is 0.276 e. The van der Waals surface area contributed by atoms with Crippen LogP contribution in [0.4, 0.5) is 5.69 Å². The van der Waals surface area contributed by atoms with Gasteiger partial charge >= 0.3 is 0 Å². The van der Waals surface area contributed by atoms with Gasteiger partial charge in [0.1, 0.15) is 0 Å². The molecule has 1 aromatic carbocycles. The van der Waals surface area contributed by atoms with Crippen molar-refractivity contribution in [3.8, 4) is 0 Å². The second kappa shape index (κ2) is 4.97. The van der Waals surface area contributed by atoms with Crippen LogP contribution >= 0.6 is 0 Å². The van der Waals surface area contributed by atoms with Crippen LogP contribution in [-0.2, 0) is 0 Å². The molecule has 0 atom stereocenters. The highest BCUT2D eigenvalue weighted by molar-refractivity contribution is 5.60. The summed E-state index contributed by atoms with van der Waals surface area (Å²) in [5.41, 5.74) is 0.757. The SMILES string of the molecule is C=CC/C=C\c1ccccc1[N+](=O)[O-]. The number of hydrogen-bond donors (Lipinski definition) is 0. The normalized spacial score (nSPS) is 10.3. The molecule has 0 amide bonds. The summed E-state index contributed by atoms with van der Waals surface area (Å²) in [6.45, 7) is 3.56. The number of hydrogen-bond acceptors (Lipinski definition) is 2. The first-order valence-corrected chi connectivity index (χ1v) is 4.26. The monoisotopic (exact) mass is 189 g/mol. The van der Waals surface area contributed by atoms with E-state index in [-0.39, 0.29) is 10.6 Å². The average Bonchev–Trinajstić information content (AvgIpc) is 2.19. The predicted octanol–water partition coefficient (Wildman–Crippen LogP) is 3.18. The van der Waals surface area contributed by atoms with Crippen LogP contribution in [0.2, 0.25) is 0 Å². The zero-order chi connectivity index (χ0) is 10.4. The van der Waals surface area contributed by atoms with Gasteiger partial charge in [-0.3, -0.25) is 10.1 Å². The molecule has 14 heavy (non-hydrogen) atoms. The molecule has 1 rings (SSSR count). The van der Waals surface area contributed by atoms with Gasteiger partial charge in [-0.15, -0.1) is 6.58 Å². The fourth-order valence-corrected chi connectivity index (χ4v) is 1.09. The fraction of sp³-hybridized carbons (Fsp3) is 0.0909. The number of nitro benzene ring substituents is 1. The highest BCUT2D eigenvalue weighted by Crippen LogP contribution is 2.18. The number of rotatable bonds is 4. The van der Waals surface area contributed by atoms with Gasteiger partial charge in [0.25, 0.3) is 5.69 Å². The Bertz CT molecular complexity index is 369. The molecule has 1 aromatic rings. The Balaban J connectivity index is 2.95. The molecule has 0 aliphatic rings. The third kappa shape index (κ3) is 2.55. The Morgan fingerprint density at radius 3 is 2.79 bits per heavy atom. The molecule has 0 spiro atoms. The van der Waals surface area contributed by atoms with Crippen LogP contribution in [0.5, 0.6) is 0 Å². The van der Waals surface area contributed by atoms with Crippen molar-refractivity contribution in [1.82, 2.24) is 0 Å². The summed E-state index contributed by atoms with van der Waals surface area (Å²) < 4.78 is 0. The van der Waals surface area contributed by atoms with Gasteiger partial charge in [-0.25, -0.2) is 0 Å². The zero-order valence-corrected chi connectivity index (χ0v) is 7.72. The highest BCUT2D eigenvalue weighted by Gasteiger charge is 2.08. The molecule has 3 nitrogen and oxygen atoms in total. The van der Waals surface area contributed by atoms with E-state index in [4.69, 9.17) is 0 Å². The number of para-hydroxylation sites is 1. The standard InChI is InChI=1S/C11H11NO2/c1-2-3-4-7-10-8-5-6-9-11(10)12(13)14/h2,4-9H,1,3H2/b7-4-. The van der Waals surface area contributed by atoms with Crippen molar-refractivity contribution >= 4 is 11.8 Å². The summed E-state index contributed by atoms with van der Waals surface area (Å²) in [6, 6.07) is 6.65. The summed E-state index contributed by atoms with van der Waals surface area (Å²) in [6.07, 6.45) is 6.03. The van der Waals surface area contributed by atoms with Crippen molar-refractivity contribution in [3.05, 3.63) is 58.7 Å². The van der Waals surface area contributed by atoms with Crippen LogP contribution in [0.1, 0.15) is 12.0 Å². The van der Waals surface area contributed by atoms with Crippen molar-refractivity contribution < 1.29 is 4.92 Å². The van der Waals surface area contributed by atoms with Crippen molar-refractivity contribution in [2.45, 2.75) is 6.42 Å². The molecule has 3 heteroatoms. The molecule has 0 unspecified atom stereocenters. The molecule has 0 N–H and O–H groups in total. The van der Waals surface area contributed by atoms with Gasteiger partial charge < -0.3 is 0 Å². The lowest BCUT2D eigenvalue weighted by Gasteiger charge is -1.95. The minimum Gasteiger partial charge on any atom is -0.258 e. The van der Waals surface area contributed by atoms with Crippen molar-refractivity contribution in [2.24, 2.45) is 0 Å². The summed E-state index contributed by atoms with van der Waals surface area (Å²) in [5.74, 6) is 0. The van der Waals surface area contributed by atoms with E-state index in [0.29, 0.717) is 12.0 Å². The quantitative estimate of drug-likeness (QED) is 0.414. The first kappa shape index (κ1) is 10.2. The Kier molecular flexibility index (Phi) is 3.61. The van der Waals surface area contributed by atoms with Gasteiger partial charge in [-0.2, -0.15) is 0 Å². The van der Waals surface area contributed by atoms with Crippen LogP contribution in [0.25, 0.3) is 6.08 Å². The molecular weight excluding hydrogens is 178 g/mol. The van der Waals surface area contributed by atoms with E-state index in [1.807, 2.05) is 6.08 Å². The summed E-state index contributed by atoms with van der Waals surface area (Å²) >= 11 is 0. The third-order valence-electron chi connectivity index (χ3n) is 1.73. The van der Waals surface area contributed by atoms with E-state index in [2.05, 4.69) is 6.58 Å². The van der Waals surface area contributed by atoms with Crippen LogP contribution in [-0.4, -0.2) is 4.92 Å². The maximum absolute atomic E-state index is 10.6. The molecule has 0 aromatic heterocycles. The molecule has 0 fully saturated rings. The molecule has 0 aliphatic carbocycles. The minimum atomic E-state index is -0.381. The summed E-state index contributed by atoms with van der Waals surface area (Å²) in [4.78, 5) is 10.2. The van der Waals surface area contributed by atoms with Gasteiger partial charge in [-0.1, -0.05) is 30.4 Å². The molecule has 72 valence electrons. The van der Waals surface area contributed by atoms with Crippen molar-refractivity contribution in [2.75, 3.05) is 0 Å². The Morgan fingerprint density at radius 1 is 1.43 bits per heavy atom. The lowest BCUT2D eigenvalue weighted by Crippen LogP contribution is -1.90. The number of allylic oxidation sites excluding steroid dienone is 2. The third-order valence-corrected chi connectivity index (χ3v) is 1.73. The molecule has 0 saturated heterocycles. The van der Waals surface area contributed by atoms with Crippen LogP contribution in [0.15, 0.2) is 43.0 Å². The van der Waals surface area contributed by atoms with Crippen LogP contribution < -0.4 is 0 Å². The number of nitro groups is 1. The van der Waals surface area contributed by atoms with Gasteiger partial charge in [0.15, 0.2) is 0 Å². The van der Waals surface area contributed by atoms with Gasteiger partial charge in [-0.05, 0) is 12.5 Å². The molecule has 0 radical (unpaired) electrons. The molecule has 0 heterocycles. The molecular formula is C11H11NO2. The first-order valence-electron chi connectivity index (χ1n) is 4.26. The van der Waals surface area contributed by atoms with E-state index < -0.39 is 0 Å². The Morgan fingerprint density at radius 2 is 2.14 bits per heavy atom. The maximum Gasteiger partial charge on any atom is 0.276 e. The van der Waals surface area contributed by atoms with E-state index in [1.54, 1.807) is 30.4 Å². The maximum atomic E-state index is 10.6. The van der Waals surface area contributed by atoms with E-state index in [0.717, 1.165) is 0 Å². The molecule has 0 aliphatic heterocycles. The zero-order valence-electron chi connectivity index (χ0n) is 7.72. The lowest BCUT2D eigenvalue weighted by atomic mass is 10.1. The first-order chi connectivity index (χ1) is 6.75. The second-order valence-electron chi connectivity index (χ2n) is 2.74. The smallest absolute Gasteiger partial charge is 0.258 e. The predicted molar refractivity (Wildman–Crippen MR) is 56.9 cm³/mol. The average molecular weight is 189 g/mol. The molecule has 0 bridgehead atoms. The lowest BCUT2D eigenvalue weighted by molar-refractivity contribution is -0.385. The topological polar surface area (TPSA) is 43.1 Å². The molecule has 0 saturated carbocycles. The Labute approximate surface area is 82.5 Å². The summed E-state index contributed by atoms with van der Waals surface area (Å²) in [7, 11) is 0. The van der Waals surface area contributed by atoms with Gasteiger partial charge in [0, 0.05) is 6.07 Å². The van der Waals surface area contributed by atoms with Gasteiger partial charge in [0.05, 0.1) is 10.5 Å². The van der Waals surface area contributed by atoms with Crippen molar-refractivity contribution in [3.63, 3.8) is 0 Å². The minimum absolute atomic E-state index is 0.132. The second-order valence-corrected chi connectivity index (χ2v) is 2.74. The van der Waals surface area contributed by atoms with E-state index >= 15 is 0 Å². The number of benzene rings is 1. The Hall–Kier alpha value is -1.90. The van der Waals surface area contributed by atoms with Crippen LogP contribution in [0.3, 0.4) is 0 Å². The fourth-order valence-electron chi connectivity index (χ4n) is 1.09. The summed E-state index contributed by atoms with van der Waals surface area (Å²) in [5, 5.41) is 10.6. The van der Waals surface area contributed by atoms with E-state index in [1.165, 1.54) is 6.07 Å². The van der Waals surface area contributed by atoms with Gasteiger partial charge in [0.2, 0.25) is 0 Å². The number of nitrogens with zero attached hydrogens (tertiary/aromatic N) is 1. The highest BCUT2D eigenvalue weighted by atomic mass is 16.6. The van der Waals surface area contributed by atoms with E-state index in [9.17, 15) is 10.1 Å². The van der Waals surface area contributed by atoms with Crippen molar-refractivity contribution in [1.29, 1.82) is 0 Å². The van der Waals surface area contributed by atoms with Crippen LogP contribution in [0, 0.1) is 10.1 Å².